The highest BCUT2D eigenvalue weighted by atomic mass is 32.1. The molecule has 0 saturated heterocycles. The molecule has 0 aliphatic rings. The van der Waals surface area contributed by atoms with Crippen molar-refractivity contribution in [1.29, 1.82) is 0 Å². The van der Waals surface area contributed by atoms with Gasteiger partial charge >= 0.3 is 0 Å². The lowest BCUT2D eigenvalue weighted by molar-refractivity contribution is 0.441. The van der Waals surface area contributed by atoms with Crippen molar-refractivity contribution in [3.63, 3.8) is 0 Å². The summed E-state index contributed by atoms with van der Waals surface area (Å²) in [5, 5.41) is 23.2. The molecule has 0 aliphatic heterocycles. The second kappa shape index (κ2) is 5.37. The Morgan fingerprint density at radius 3 is 2.78 bits per heavy atom. The number of phenols is 2. The number of nitrogens with one attached hydrogen (secondary N) is 1. The largest absolute Gasteiger partial charge is 0.508 e. The smallest absolute Gasteiger partial charge is 0.123 e. The third-order valence-corrected chi connectivity index (χ3v) is 3.77. The summed E-state index contributed by atoms with van der Waals surface area (Å²) in [5.74, 6) is 0.171. The predicted octanol–water partition coefficient (Wildman–Crippen LogP) is 2.71. The number of hydrogen-bond acceptors (Lipinski definition) is 5. The minimum absolute atomic E-state index is 0.0693. The van der Waals surface area contributed by atoms with Crippen molar-refractivity contribution in [2.24, 2.45) is 0 Å². The third kappa shape index (κ3) is 3.00. The predicted molar refractivity (Wildman–Crippen MR) is 71.9 cm³/mol. The van der Waals surface area contributed by atoms with Crippen molar-refractivity contribution in [3.8, 4) is 11.5 Å². The van der Waals surface area contributed by atoms with E-state index in [0.29, 0.717) is 6.54 Å². The lowest BCUT2D eigenvalue weighted by Crippen LogP contribution is -2.17. The van der Waals surface area contributed by atoms with Gasteiger partial charge < -0.3 is 15.5 Å². The van der Waals surface area contributed by atoms with E-state index in [1.54, 1.807) is 23.5 Å². The number of hydrogen-bond donors (Lipinski definition) is 3. The first-order valence-corrected chi connectivity index (χ1v) is 6.54. The Bertz CT molecular complexity index is 540. The van der Waals surface area contributed by atoms with Crippen molar-refractivity contribution in [3.05, 3.63) is 39.8 Å². The molecule has 1 heterocycles. The molecule has 1 aromatic heterocycles. The Kier molecular flexibility index (Phi) is 3.84. The number of aromatic hydroxyl groups is 2. The average Bonchev–Trinajstić information content (AvgIpc) is 2.74. The molecule has 0 fully saturated rings. The molecule has 4 nitrogen and oxygen atoms in total. The standard InChI is InChI=1S/C13H16N2O2S/c1-8-6-15-13(18-8)9(2)14-7-10-3-4-11(16)5-12(10)17/h3-6,9,14,16-17H,7H2,1-2H3. The van der Waals surface area contributed by atoms with Gasteiger partial charge in [-0.15, -0.1) is 11.3 Å². The minimum Gasteiger partial charge on any atom is -0.508 e. The Hall–Kier alpha value is -1.59. The quantitative estimate of drug-likeness (QED) is 0.794. The molecule has 96 valence electrons. The van der Waals surface area contributed by atoms with Gasteiger partial charge in [0.15, 0.2) is 0 Å². The highest BCUT2D eigenvalue weighted by Crippen LogP contribution is 2.24. The molecule has 1 aromatic carbocycles. The fourth-order valence-corrected chi connectivity index (χ4v) is 2.43. The van der Waals surface area contributed by atoms with Gasteiger partial charge in [-0.2, -0.15) is 0 Å². The second-order valence-electron chi connectivity index (χ2n) is 4.22. The molecule has 2 rings (SSSR count). The number of phenolic OH excluding ortho intramolecular Hbond substituents is 2. The van der Waals surface area contributed by atoms with E-state index in [1.165, 1.54) is 10.9 Å². The highest BCUT2D eigenvalue weighted by Gasteiger charge is 2.10. The average molecular weight is 264 g/mol. The number of benzene rings is 1. The topological polar surface area (TPSA) is 65.4 Å². The maximum atomic E-state index is 9.67. The molecular weight excluding hydrogens is 248 g/mol. The molecule has 1 unspecified atom stereocenters. The summed E-state index contributed by atoms with van der Waals surface area (Å²) < 4.78 is 0. The van der Waals surface area contributed by atoms with Crippen LogP contribution >= 0.6 is 11.3 Å². The van der Waals surface area contributed by atoms with Gasteiger partial charge in [0.25, 0.3) is 0 Å². The summed E-state index contributed by atoms with van der Waals surface area (Å²) in [7, 11) is 0. The highest BCUT2D eigenvalue weighted by molar-refractivity contribution is 7.11. The second-order valence-corrected chi connectivity index (χ2v) is 5.49. The van der Waals surface area contributed by atoms with Crippen molar-refractivity contribution >= 4 is 11.3 Å². The third-order valence-electron chi connectivity index (χ3n) is 2.68. The van der Waals surface area contributed by atoms with Crippen LogP contribution in [0.5, 0.6) is 11.5 Å². The molecule has 0 radical (unpaired) electrons. The number of nitrogens with zero attached hydrogens (tertiary/aromatic N) is 1. The Morgan fingerprint density at radius 2 is 2.17 bits per heavy atom. The van der Waals surface area contributed by atoms with Gasteiger partial charge in [0.2, 0.25) is 0 Å². The summed E-state index contributed by atoms with van der Waals surface area (Å²) in [6, 6.07) is 4.75. The van der Waals surface area contributed by atoms with Crippen LogP contribution in [0.4, 0.5) is 0 Å². The van der Waals surface area contributed by atoms with E-state index in [-0.39, 0.29) is 17.5 Å². The Balaban J connectivity index is 1.99. The molecule has 5 heteroatoms. The van der Waals surface area contributed by atoms with Gasteiger partial charge in [0, 0.05) is 29.2 Å². The fraction of sp³-hybridized carbons (Fsp3) is 0.308. The zero-order chi connectivity index (χ0) is 13.1. The van der Waals surface area contributed by atoms with Crippen molar-refractivity contribution in [2.75, 3.05) is 0 Å². The van der Waals surface area contributed by atoms with Gasteiger partial charge in [-0.3, -0.25) is 0 Å². The van der Waals surface area contributed by atoms with E-state index in [1.807, 2.05) is 20.0 Å². The molecule has 0 bridgehead atoms. The van der Waals surface area contributed by atoms with Gasteiger partial charge in [0.1, 0.15) is 16.5 Å². The molecule has 0 amide bonds. The maximum Gasteiger partial charge on any atom is 0.123 e. The lowest BCUT2D eigenvalue weighted by Gasteiger charge is -2.12. The van der Waals surface area contributed by atoms with E-state index in [9.17, 15) is 10.2 Å². The van der Waals surface area contributed by atoms with Gasteiger partial charge in [-0.1, -0.05) is 6.07 Å². The summed E-state index contributed by atoms with van der Waals surface area (Å²) in [6.45, 7) is 4.60. The number of aromatic nitrogens is 1. The van der Waals surface area contributed by atoms with Crippen LogP contribution in [0.3, 0.4) is 0 Å². The van der Waals surface area contributed by atoms with E-state index in [4.69, 9.17) is 0 Å². The van der Waals surface area contributed by atoms with Crippen LogP contribution in [0.2, 0.25) is 0 Å². The van der Waals surface area contributed by atoms with Crippen LogP contribution in [-0.2, 0) is 6.54 Å². The van der Waals surface area contributed by atoms with Crippen LogP contribution < -0.4 is 5.32 Å². The van der Waals surface area contributed by atoms with Crippen LogP contribution in [0, 0.1) is 6.92 Å². The van der Waals surface area contributed by atoms with Crippen molar-refractivity contribution in [1.82, 2.24) is 10.3 Å². The first-order valence-electron chi connectivity index (χ1n) is 5.73. The Labute approximate surface area is 110 Å². The van der Waals surface area contributed by atoms with E-state index in [0.717, 1.165) is 10.6 Å². The van der Waals surface area contributed by atoms with Gasteiger partial charge in [-0.05, 0) is 19.9 Å². The van der Waals surface area contributed by atoms with E-state index < -0.39 is 0 Å². The fourth-order valence-electron chi connectivity index (χ4n) is 1.62. The number of aryl methyl sites for hydroxylation is 1. The summed E-state index contributed by atoms with van der Waals surface area (Å²) in [5.41, 5.74) is 0.757. The first kappa shape index (κ1) is 12.9. The van der Waals surface area contributed by atoms with Crippen LogP contribution in [-0.4, -0.2) is 15.2 Å². The number of rotatable bonds is 4. The summed E-state index contributed by atoms with van der Waals surface area (Å²) in [4.78, 5) is 5.50. The monoisotopic (exact) mass is 264 g/mol. The Morgan fingerprint density at radius 1 is 1.39 bits per heavy atom. The molecule has 0 aliphatic carbocycles. The first-order chi connectivity index (χ1) is 8.56. The zero-order valence-electron chi connectivity index (χ0n) is 10.3. The molecule has 3 N–H and O–H groups in total. The summed E-state index contributed by atoms with van der Waals surface area (Å²) in [6.07, 6.45) is 1.86. The van der Waals surface area contributed by atoms with Crippen LogP contribution in [0.1, 0.15) is 28.4 Å². The molecule has 18 heavy (non-hydrogen) atoms. The van der Waals surface area contributed by atoms with Crippen molar-refractivity contribution in [2.45, 2.75) is 26.4 Å². The SMILES string of the molecule is Cc1cnc(C(C)NCc2ccc(O)cc2O)s1. The van der Waals surface area contributed by atoms with Crippen molar-refractivity contribution < 1.29 is 10.2 Å². The lowest BCUT2D eigenvalue weighted by atomic mass is 10.2. The molecule has 2 aromatic rings. The molecular formula is C13H16N2O2S. The maximum absolute atomic E-state index is 9.67. The van der Waals surface area contributed by atoms with Gasteiger partial charge in [-0.25, -0.2) is 4.98 Å². The van der Waals surface area contributed by atoms with Crippen LogP contribution in [0.25, 0.3) is 0 Å². The van der Waals surface area contributed by atoms with Crippen LogP contribution in [0.15, 0.2) is 24.4 Å². The number of thiazole rings is 1. The zero-order valence-corrected chi connectivity index (χ0v) is 11.2. The molecule has 0 spiro atoms. The normalized spacial score (nSPS) is 12.6. The van der Waals surface area contributed by atoms with E-state index >= 15 is 0 Å². The van der Waals surface area contributed by atoms with Gasteiger partial charge in [0.05, 0.1) is 6.04 Å². The summed E-state index contributed by atoms with van der Waals surface area (Å²) >= 11 is 1.66. The molecule has 0 saturated carbocycles. The molecule has 1 atom stereocenters. The minimum atomic E-state index is 0.0693. The van der Waals surface area contributed by atoms with E-state index in [2.05, 4.69) is 10.3 Å².